The molecule has 2 aromatic heterocycles. The van der Waals surface area contributed by atoms with E-state index in [1.54, 1.807) is 12.1 Å². The minimum absolute atomic E-state index is 0.0471. The lowest BCUT2D eigenvalue weighted by Crippen LogP contribution is -2.38. The Morgan fingerprint density at radius 3 is 2.47 bits per heavy atom. The summed E-state index contributed by atoms with van der Waals surface area (Å²) < 4.78 is 35.3. The minimum atomic E-state index is -3.23. The van der Waals surface area contributed by atoms with Crippen molar-refractivity contribution in [3.63, 3.8) is 0 Å². The molecule has 2 aliphatic rings. The lowest BCUT2D eigenvalue weighted by atomic mass is 10.1. The van der Waals surface area contributed by atoms with Crippen molar-refractivity contribution in [2.45, 2.75) is 50.0 Å². The molecule has 180 valence electrons. The number of aromatic nitrogens is 4. The van der Waals surface area contributed by atoms with E-state index >= 15 is 0 Å². The first-order valence-corrected chi connectivity index (χ1v) is 13.4. The van der Waals surface area contributed by atoms with E-state index in [4.69, 9.17) is 9.26 Å². The molecule has 5 rings (SSSR count). The Morgan fingerprint density at radius 1 is 1.09 bits per heavy atom. The molecule has 1 aromatic carbocycles. The van der Waals surface area contributed by atoms with Gasteiger partial charge in [-0.3, -0.25) is 0 Å². The van der Waals surface area contributed by atoms with E-state index in [2.05, 4.69) is 29.9 Å². The third kappa shape index (κ3) is 4.44. The van der Waals surface area contributed by atoms with E-state index in [1.807, 2.05) is 26.0 Å². The fraction of sp³-hybridized carbons (Fsp3) is 0.478. The van der Waals surface area contributed by atoms with Crippen molar-refractivity contribution < 1.29 is 17.7 Å². The molecule has 34 heavy (non-hydrogen) atoms. The molecular formula is C23H28N6O4S. The third-order valence-electron chi connectivity index (χ3n) is 6.24. The molecule has 0 atom stereocenters. The second kappa shape index (κ2) is 8.86. The van der Waals surface area contributed by atoms with Crippen molar-refractivity contribution in [2.24, 2.45) is 0 Å². The summed E-state index contributed by atoms with van der Waals surface area (Å²) in [5.41, 5.74) is 1.88. The van der Waals surface area contributed by atoms with Crippen molar-refractivity contribution in [3.05, 3.63) is 42.0 Å². The smallest absolute Gasteiger partial charge is 0.324 e. The van der Waals surface area contributed by atoms with Crippen LogP contribution in [0.1, 0.15) is 44.0 Å². The Labute approximate surface area is 198 Å². The zero-order chi connectivity index (χ0) is 23.9. The first kappa shape index (κ1) is 22.6. The Kier molecular flexibility index (Phi) is 5.88. The van der Waals surface area contributed by atoms with Crippen molar-refractivity contribution >= 4 is 27.4 Å². The fourth-order valence-corrected chi connectivity index (χ4v) is 4.94. The molecule has 0 saturated carbocycles. The fourth-order valence-electron chi connectivity index (χ4n) is 4.31. The zero-order valence-electron chi connectivity index (χ0n) is 19.5. The van der Waals surface area contributed by atoms with Crippen LogP contribution in [0.15, 0.2) is 40.0 Å². The Morgan fingerprint density at radius 2 is 1.82 bits per heavy atom. The zero-order valence-corrected chi connectivity index (χ0v) is 20.3. The molecule has 11 heteroatoms. The molecule has 1 saturated heterocycles. The van der Waals surface area contributed by atoms with Crippen LogP contribution in [0.4, 0.5) is 17.5 Å². The summed E-state index contributed by atoms with van der Waals surface area (Å²) in [5, 5.41) is 4.06. The topological polar surface area (TPSA) is 115 Å². The van der Waals surface area contributed by atoms with Crippen LogP contribution in [-0.4, -0.2) is 60.5 Å². The number of sulfone groups is 1. The van der Waals surface area contributed by atoms with Gasteiger partial charge in [-0.1, -0.05) is 19.0 Å². The molecule has 10 nitrogen and oxygen atoms in total. The first-order chi connectivity index (χ1) is 16.3. The number of ether oxygens (including phenoxy) is 1. The second-order valence-corrected chi connectivity index (χ2v) is 11.1. The summed E-state index contributed by atoms with van der Waals surface area (Å²) >= 11 is 0. The number of benzene rings is 1. The monoisotopic (exact) mass is 484 g/mol. The molecule has 0 unspecified atom stereocenters. The first-order valence-electron chi connectivity index (χ1n) is 11.5. The summed E-state index contributed by atoms with van der Waals surface area (Å²) in [7, 11) is -3.23. The Hall–Kier alpha value is -3.21. The molecule has 1 fully saturated rings. The highest BCUT2D eigenvalue weighted by Gasteiger charge is 2.30. The Balaban J connectivity index is 1.26. The van der Waals surface area contributed by atoms with Crippen molar-refractivity contribution in [2.75, 3.05) is 35.7 Å². The number of hydrogen-bond acceptors (Lipinski definition) is 10. The van der Waals surface area contributed by atoms with Crippen LogP contribution in [0.3, 0.4) is 0 Å². The maximum atomic E-state index is 11.8. The van der Waals surface area contributed by atoms with Gasteiger partial charge in [-0.05, 0) is 30.7 Å². The van der Waals surface area contributed by atoms with Crippen LogP contribution in [0.25, 0.3) is 0 Å². The van der Waals surface area contributed by atoms with Gasteiger partial charge < -0.3 is 19.1 Å². The van der Waals surface area contributed by atoms with Gasteiger partial charge >= 0.3 is 6.01 Å². The molecule has 4 heterocycles. The SMILES string of the molecule is CC(C)c1noc(N2CCC(Oc3ncnc4c3CCN4c3ccc(S(C)(=O)=O)cc3)CC2)n1. The van der Waals surface area contributed by atoms with Crippen molar-refractivity contribution in [3.8, 4) is 5.88 Å². The van der Waals surface area contributed by atoms with Crippen molar-refractivity contribution in [1.82, 2.24) is 20.1 Å². The van der Waals surface area contributed by atoms with Crippen molar-refractivity contribution in [1.29, 1.82) is 0 Å². The molecule has 0 bridgehead atoms. The molecule has 2 aliphatic heterocycles. The maximum absolute atomic E-state index is 11.8. The van der Waals surface area contributed by atoms with Gasteiger partial charge in [-0.15, -0.1) is 0 Å². The normalized spacial score (nSPS) is 16.8. The minimum Gasteiger partial charge on any atom is -0.474 e. The Bertz CT molecular complexity index is 1270. The molecular weight excluding hydrogens is 456 g/mol. The summed E-state index contributed by atoms with van der Waals surface area (Å²) in [6, 6.07) is 7.45. The molecule has 0 spiro atoms. The standard InChI is InChI=1S/C23H28N6O4S/c1-15(2)20-26-23(33-27-20)28-11-8-17(9-12-28)32-22-19-10-13-29(21(19)24-14-25-22)16-4-6-18(7-5-16)34(3,30)31/h4-7,14-15,17H,8-13H2,1-3H3. The van der Waals surface area contributed by atoms with E-state index in [0.717, 1.165) is 61.8 Å². The highest BCUT2D eigenvalue weighted by molar-refractivity contribution is 7.90. The maximum Gasteiger partial charge on any atom is 0.324 e. The number of anilines is 3. The van der Waals surface area contributed by atoms with E-state index in [0.29, 0.717) is 16.8 Å². The lowest BCUT2D eigenvalue weighted by molar-refractivity contribution is 0.160. The quantitative estimate of drug-likeness (QED) is 0.517. The van der Waals surface area contributed by atoms with Crippen LogP contribution < -0.4 is 14.5 Å². The van der Waals surface area contributed by atoms with E-state index < -0.39 is 9.84 Å². The predicted molar refractivity (Wildman–Crippen MR) is 127 cm³/mol. The van der Waals surface area contributed by atoms with Crippen LogP contribution in [0.5, 0.6) is 5.88 Å². The molecule has 0 N–H and O–H groups in total. The molecule has 0 amide bonds. The molecule has 0 aliphatic carbocycles. The van der Waals surface area contributed by atoms with Crippen LogP contribution >= 0.6 is 0 Å². The second-order valence-electron chi connectivity index (χ2n) is 9.04. The average Bonchev–Trinajstić information content (AvgIpc) is 3.48. The van der Waals surface area contributed by atoms with Crippen LogP contribution in [0, 0.1) is 0 Å². The van der Waals surface area contributed by atoms with E-state index in [-0.39, 0.29) is 12.0 Å². The summed E-state index contributed by atoms with van der Waals surface area (Å²) in [4.78, 5) is 17.9. The summed E-state index contributed by atoms with van der Waals surface area (Å²) in [6.45, 7) is 6.37. The number of rotatable bonds is 6. The van der Waals surface area contributed by atoms with E-state index in [9.17, 15) is 8.42 Å². The summed E-state index contributed by atoms with van der Waals surface area (Å²) in [5.74, 6) is 2.39. The molecule has 3 aromatic rings. The van der Waals surface area contributed by atoms with Gasteiger partial charge in [-0.2, -0.15) is 4.98 Å². The predicted octanol–water partition coefficient (Wildman–Crippen LogP) is 3.13. The highest BCUT2D eigenvalue weighted by Crippen LogP contribution is 2.37. The number of hydrogen-bond donors (Lipinski definition) is 0. The van der Waals surface area contributed by atoms with E-state index in [1.165, 1.54) is 12.6 Å². The highest BCUT2D eigenvalue weighted by atomic mass is 32.2. The average molecular weight is 485 g/mol. The van der Waals surface area contributed by atoms with Gasteiger partial charge in [0.2, 0.25) is 5.88 Å². The van der Waals surface area contributed by atoms with Crippen LogP contribution in [0.2, 0.25) is 0 Å². The van der Waals surface area contributed by atoms with Crippen LogP contribution in [-0.2, 0) is 16.3 Å². The van der Waals surface area contributed by atoms with Gasteiger partial charge in [0, 0.05) is 50.3 Å². The molecule has 0 radical (unpaired) electrons. The third-order valence-corrected chi connectivity index (χ3v) is 7.37. The van der Waals surface area contributed by atoms with Gasteiger partial charge in [0.15, 0.2) is 15.7 Å². The number of nitrogens with zero attached hydrogens (tertiary/aromatic N) is 6. The largest absolute Gasteiger partial charge is 0.474 e. The van der Waals surface area contributed by atoms with Gasteiger partial charge in [0.25, 0.3) is 0 Å². The van der Waals surface area contributed by atoms with Gasteiger partial charge in [-0.25, -0.2) is 18.4 Å². The van der Waals surface area contributed by atoms with Gasteiger partial charge in [0.05, 0.1) is 10.5 Å². The number of fused-ring (bicyclic) bond motifs is 1. The lowest BCUT2D eigenvalue weighted by Gasteiger charge is -2.30. The summed E-state index contributed by atoms with van der Waals surface area (Å²) in [6.07, 6.45) is 5.20. The number of piperidine rings is 1. The van der Waals surface area contributed by atoms with Gasteiger partial charge in [0.1, 0.15) is 18.2 Å².